The van der Waals surface area contributed by atoms with Crippen LogP contribution in [0.2, 0.25) is 0 Å². The summed E-state index contributed by atoms with van der Waals surface area (Å²) < 4.78 is 2.01. The van der Waals surface area contributed by atoms with Crippen molar-refractivity contribution in [3.63, 3.8) is 0 Å². The van der Waals surface area contributed by atoms with Crippen LogP contribution >= 0.6 is 0 Å². The van der Waals surface area contributed by atoms with Gasteiger partial charge in [-0.25, -0.2) is 5.43 Å². The van der Waals surface area contributed by atoms with E-state index >= 15 is 0 Å². The van der Waals surface area contributed by atoms with Crippen LogP contribution in [0.1, 0.15) is 48.3 Å². The minimum atomic E-state index is -0.0372. The van der Waals surface area contributed by atoms with Gasteiger partial charge in [-0.2, -0.15) is 5.10 Å². The molecule has 2 rings (SSSR count). The van der Waals surface area contributed by atoms with E-state index in [1.54, 1.807) is 0 Å². The highest BCUT2D eigenvalue weighted by atomic mass is 15.3. The summed E-state index contributed by atoms with van der Waals surface area (Å²) in [6.45, 7) is 8.44. The van der Waals surface area contributed by atoms with Crippen LogP contribution in [0, 0.1) is 13.8 Å². The molecule has 4 heteroatoms. The predicted octanol–water partition coefficient (Wildman–Crippen LogP) is 2.63. The Morgan fingerprint density at radius 1 is 1.21 bits per heavy atom. The first-order valence-electron chi connectivity index (χ1n) is 6.61. The van der Waals surface area contributed by atoms with Crippen molar-refractivity contribution in [2.75, 3.05) is 0 Å². The second-order valence-electron chi connectivity index (χ2n) is 5.25. The highest BCUT2D eigenvalue weighted by Crippen LogP contribution is 2.26. The van der Waals surface area contributed by atoms with Crippen molar-refractivity contribution in [2.24, 2.45) is 5.84 Å². The van der Waals surface area contributed by atoms with E-state index < -0.39 is 0 Å². The molecule has 2 aromatic rings. The minimum Gasteiger partial charge on any atom is -0.271 e. The van der Waals surface area contributed by atoms with Crippen LogP contribution in [0.3, 0.4) is 0 Å². The van der Waals surface area contributed by atoms with E-state index in [4.69, 9.17) is 5.84 Å². The summed E-state index contributed by atoms with van der Waals surface area (Å²) >= 11 is 0. The third-order valence-electron chi connectivity index (χ3n) is 3.40. The molecule has 0 saturated carbocycles. The van der Waals surface area contributed by atoms with Gasteiger partial charge in [0.2, 0.25) is 0 Å². The largest absolute Gasteiger partial charge is 0.271 e. The lowest BCUT2D eigenvalue weighted by molar-refractivity contribution is 0.475. The molecule has 1 aromatic heterocycles. The smallest absolute Gasteiger partial charge is 0.0881 e. The lowest BCUT2D eigenvalue weighted by Crippen LogP contribution is -2.31. The van der Waals surface area contributed by atoms with Crippen LogP contribution in [-0.4, -0.2) is 9.78 Å². The fourth-order valence-corrected chi connectivity index (χ4v) is 2.39. The zero-order valence-electron chi connectivity index (χ0n) is 12.0. The van der Waals surface area contributed by atoms with Gasteiger partial charge in [-0.1, -0.05) is 23.8 Å². The number of hydrazine groups is 1. The van der Waals surface area contributed by atoms with E-state index in [9.17, 15) is 0 Å². The van der Waals surface area contributed by atoms with E-state index in [2.05, 4.69) is 56.4 Å². The van der Waals surface area contributed by atoms with E-state index in [0.29, 0.717) is 6.04 Å². The van der Waals surface area contributed by atoms with Gasteiger partial charge >= 0.3 is 0 Å². The molecule has 0 radical (unpaired) electrons. The van der Waals surface area contributed by atoms with E-state index in [-0.39, 0.29) is 6.04 Å². The molecule has 102 valence electrons. The van der Waals surface area contributed by atoms with Gasteiger partial charge in [-0.3, -0.25) is 10.5 Å². The predicted molar refractivity (Wildman–Crippen MR) is 77.7 cm³/mol. The third kappa shape index (κ3) is 2.69. The molecule has 0 spiro atoms. The molecule has 0 bridgehead atoms. The number of aryl methyl sites for hydroxylation is 2. The van der Waals surface area contributed by atoms with Crippen molar-refractivity contribution in [1.29, 1.82) is 0 Å². The van der Waals surface area contributed by atoms with Crippen LogP contribution in [0.25, 0.3) is 0 Å². The molecule has 0 aliphatic rings. The monoisotopic (exact) mass is 258 g/mol. The summed E-state index contributed by atoms with van der Waals surface area (Å²) in [7, 11) is 0. The Hall–Kier alpha value is -1.65. The summed E-state index contributed by atoms with van der Waals surface area (Å²) in [4.78, 5) is 0. The fourth-order valence-electron chi connectivity index (χ4n) is 2.39. The Labute approximate surface area is 114 Å². The average Bonchev–Trinajstić information content (AvgIpc) is 2.84. The van der Waals surface area contributed by atoms with Gasteiger partial charge in [-0.05, 0) is 44.9 Å². The first-order valence-corrected chi connectivity index (χ1v) is 6.61. The second-order valence-corrected chi connectivity index (χ2v) is 5.25. The van der Waals surface area contributed by atoms with Crippen molar-refractivity contribution in [1.82, 2.24) is 15.2 Å². The molecule has 1 atom stereocenters. The Bertz CT molecular complexity index is 557. The SMILES string of the molecule is Cc1ccc(C)c(C(NN)c2ccnn2C(C)C)c1. The van der Waals surface area contributed by atoms with Crippen molar-refractivity contribution >= 4 is 0 Å². The normalized spacial score (nSPS) is 12.9. The molecule has 0 saturated heterocycles. The van der Waals surface area contributed by atoms with Gasteiger partial charge in [0.25, 0.3) is 0 Å². The number of nitrogens with zero attached hydrogens (tertiary/aromatic N) is 2. The van der Waals surface area contributed by atoms with Crippen LogP contribution in [-0.2, 0) is 0 Å². The fraction of sp³-hybridized carbons (Fsp3) is 0.400. The van der Waals surface area contributed by atoms with Crippen LogP contribution in [0.4, 0.5) is 0 Å². The van der Waals surface area contributed by atoms with E-state index in [0.717, 1.165) is 5.69 Å². The zero-order chi connectivity index (χ0) is 14.0. The Balaban J connectivity index is 2.50. The Morgan fingerprint density at radius 2 is 1.95 bits per heavy atom. The molecule has 1 heterocycles. The average molecular weight is 258 g/mol. The Morgan fingerprint density at radius 3 is 2.58 bits per heavy atom. The summed E-state index contributed by atoms with van der Waals surface area (Å²) in [5.41, 5.74) is 7.67. The van der Waals surface area contributed by atoms with Gasteiger partial charge < -0.3 is 0 Å². The molecule has 3 N–H and O–H groups in total. The molecule has 19 heavy (non-hydrogen) atoms. The molecule has 1 aromatic carbocycles. The molecular formula is C15H22N4. The first kappa shape index (κ1) is 13.8. The van der Waals surface area contributed by atoms with E-state index in [1.165, 1.54) is 16.7 Å². The van der Waals surface area contributed by atoms with E-state index in [1.807, 2.05) is 16.9 Å². The van der Waals surface area contributed by atoms with Gasteiger partial charge in [0.15, 0.2) is 0 Å². The van der Waals surface area contributed by atoms with Crippen molar-refractivity contribution < 1.29 is 0 Å². The third-order valence-corrected chi connectivity index (χ3v) is 3.40. The maximum Gasteiger partial charge on any atom is 0.0881 e. The van der Waals surface area contributed by atoms with Gasteiger partial charge in [0, 0.05) is 12.2 Å². The second kappa shape index (κ2) is 5.55. The standard InChI is InChI=1S/C15H22N4/c1-10(2)19-14(7-8-17-19)15(18-16)13-9-11(3)5-6-12(13)4/h5-10,15,18H,16H2,1-4H3. The molecular weight excluding hydrogens is 236 g/mol. The summed E-state index contributed by atoms with van der Waals surface area (Å²) in [5, 5.41) is 4.38. The molecule has 0 aliphatic carbocycles. The topological polar surface area (TPSA) is 55.9 Å². The quantitative estimate of drug-likeness (QED) is 0.655. The summed E-state index contributed by atoms with van der Waals surface area (Å²) in [6.07, 6.45) is 1.82. The number of rotatable bonds is 4. The summed E-state index contributed by atoms with van der Waals surface area (Å²) in [6, 6.07) is 8.72. The van der Waals surface area contributed by atoms with Crippen LogP contribution < -0.4 is 11.3 Å². The highest BCUT2D eigenvalue weighted by molar-refractivity contribution is 5.37. The number of benzene rings is 1. The molecule has 0 fully saturated rings. The number of nitrogens with one attached hydrogen (secondary N) is 1. The van der Waals surface area contributed by atoms with Crippen molar-refractivity contribution in [2.45, 2.75) is 39.8 Å². The molecule has 4 nitrogen and oxygen atoms in total. The lowest BCUT2D eigenvalue weighted by Gasteiger charge is -2.22. The van der Waals surface area contributed by atoms with Crippen LogP contribution in [0.15, 0.2) is 30.5 Å². The summed E-state index contributed by atoms with van der Waals surface area (Å²) in [5.74, 6) is 5.79. The van der Waals surface area contributed by atoms with Crippen LogP contribution in [0.5, 0.6) is 0 Å². The maximum absolute atomic E-state index is 5.79. The zero-order valence-corrected chi connectivity index (χ0v) is 12.0. The first-order chi connectivity index (χ1) is 9.04. The van der Waals surface area contributed by atoms with Crippen molar-refractivity contribution in [3.05, 3.63) is 52.8 Å². The molecule has 0 aliphatic heterocycles. The number of aromatic nitrogens is 2. The highest BCUT2D eigenvalue weighted by Gasteiger charge is 2.19. The maximum atomic E-state index is 5.79. The van der Waals surface area contributed by atoms with Crippen molar-refractivity contribution in [3.8, 4) is 0 Å². The molecule has 0 amide bonds. The minimum absolute atomic E-state index is 0.0372. The van der Waals surface area contributed by atoms with Gasteiger partial charge in [0.05, 0.1) is 11.7 Å². The lowest BCUT2D eigenvalue weighted by atomic mass is 9.97. The van der Waals surface area contributed by atoms with Gasteiger partial charge in [-0.15, -0.1) is 0 Å². The Kier molecular flexibility index (Phi) is 4.02. The number of nitrogens with two attached hydrogens (primary N) is 1. The molecule has 1 unspecified atom stereocenters. The van der Waals surface area contributed by atoms with Gasteiger partial charge in [0.1, 0.15) is 0 Å². The number of hydrogen-bond donors (Lipinski definition) is 2. The number of hydrogen-bond acceptors (Lipinski definition) is 3.